The van der Waals surface area contributed by atoms with Gasteiger partial charge in [-0.2, -0.15) is 0 Å². The van der Waals surface area contributed by atoms with Crippen molar-refractivity contribution in [3.05, 3.63) is 23.2 Å². The Kier molecular flexibility index (Phi) is 3.97. The summed E-state index contributed by atoms with van der Waals surface area (Å²) in [6, 6.07) is 1.66. The van der Waals surface area contributed by atoms with Crippen LogP contribution in [0.15, 0.2) is 10.5 Å². The molecule has 0 aromatic carbocycles. The van der Waals surface area contributed by atoms with Crippen LogP contribution in [0.3, 0.4) is 0 Å². The van der Waals surface area contributed by atoms with Crippen LogP contribution in [0, 0.1) is 5.92 Å². The molecule has 4 nitrogen and oxygen atoms in total. The zero-order valence-electron chi connectivity index (χ0n) is 11.9. The predicted octanol–water partition coefficient (Wildman–Crippen LogP) is 3.42. The molecule has 0 spiro atoms. The Morgan fingerprint density at radius 2 is 2.21 bits per heavy atom. The highest BCUT2D eigenvalue weighted by Crippen LogP contribution is 2.37. The van der Waals surface area contributed by atoms with Crippen molar-refractivity contribution >= 4 is 17.9 Å². The fourth-order valence-corrected chi connectivity index (χ4v) is 3.19. The van der Waals surface area contributed by atoms with Crippen molar-refractivity contribution in [2.45, 2.75) is 45.4 Å². The molecule has 0 saturated heterocycles. The fourth-order valence-electron chi connectivity index (χ4n) is 1.93. The zero-order valence-corrected chi connectivity index (χ0v) is 12.7. The number of fused-ring (bicyclic) bond motifs is 1. The lowest BCUT2D eigenvalue weighted by Crippen LogP contribution is -2.33. The highest BCUT2D eigenvalue weighted by Gasteiger charge is 2.30. The number of carbonyl (C=O) groups is 1. The Bertz CT molecular complexity index is 479. The van der Waals surface area contributed by atoms with Crippen LogP contribution >= 0.6 is 11.9 Å². The second-order valence-electron chi connectivity index (χ2n) is 5.83. The van der Waals surface area contributed by atoms with Crippen molar-refractivity contribution < 1.29 is 14.3 Å². The molecule has 0 atom stereocenters. The van der Waals surface area contributed by atoms with Crippen molar-refractivity contribution in [1.82, 2.24) is 4.31 Å². The van der Waals surface area contributed by atoms with Crippen LogP contribution in [0.25, 0.3) is 0 Å². The molecule has 1 aromatic rings. The summed E-state index contributed by atoms with van der Waals surface area (Å²) >= 11 is 1.86. The summed E-state index contributed by atoms with van der Waals surface area (Å²) in [4.78, 5) is 10.9. The molecule has 0 radical (unpaired) electrons. The summed E-state index contributed by atoms with van der Waals surface area (Å²) in [5, 5.41) is 8.95. The molecule has 0 fully saturated rings. The van der Waals surface area contributed by atoms with E-state index in [9.17, 15) is 4.79 Å². The lowest BCUT2D eigenvalue weighted by Gasteiger charge is -2.35. The van der Waals surface area contributed by atoms with Crippen LogP contribution in [0.5, 0.6) is 0 Å². The second-order valence-corrected chi connectivity index (χ2v) is 7.58. The Morgan fingerprint density at radius 3 is 2.79 bits per heavy atom. The van der Waals surface area contributed by atoms with Gasteiger partial charge in [0.05, 0.1) is 0 Å². The highest BCUT2D eigenvalue weighted by molar-refractivity contribution is 7.98. The minimum absolute atomic E-state index is 0.0555. The topological polar surface area (TPSA) is 53.7 Å². The maximum absolute atomic E-state index is 10.9. The molecule has 1 aliphatic rings. The Hall–Kier alpha value is -0.940. The molecule has 5 heteroatoms. The fraction of sp³-hybridized carbons (Fsp3) is 0.643. The summed E-state index contributed by atoms with van der Waals surface area (Å²) in [6.45, 7) is 10.6. The Labute approximate surface area is 118 Å². The first-order chi connectivity index (χ1) is 8.79. The molecule has 2 heterocycles. The number of rotatable bonds is 4. The Morgan fingerprint density at radius 1 is 1.53 bits per heavy atom. The summed E-state index contributed by atoms with van der Waals surface area (Å²) in [6.07, 6.45) is 0.782. The van der Waals surface area contributed by atoms with Crippen LogP contribution in [-0.4, -0.2) is 26.7 Å². The van der Waals surface area contributed by atoms with Crippen molar-refractivity contribution in [1.29, 1.82) is 0 Å². The van der Waals surface area contributed by atoms with Gasteiger partial charge in [0.25, 0.3) is 0 Å². The molecule has 0 bridgehead atoms. The largest absolute Gasteiger partial charge is 0.475 e. The summed E-state index contributed by atoms with van der Waals surface area (Å²) in [5.41, 5.74) is 1.01. The normalized spacial score (nSPS) is 16.7. The molecule has 1 N–H and O–H groups in total. The molecule has 0 saturated carbocycles. The average molecular weight is 283 g/mol. The van der Waals surface area contributed by atoms with Crippen LogP contribution in [-0.2, 0) is 13.0 Å². The van der Waals surface area contributed by atoms with E-state index < -0.39 is 5.97 Å². The van der Waals surface area contributed by atoms with Crippen LogP contribution in [0.2, 0.25) is 0 Å². The number of nitrogens with zero attached hydrogens (tertiary/aromatic N) is 1. The summed E-state index contributed by atoms with van der Waals surface area (Å²) in [7, 11) is 0. The van der Waals surface area contributed by atoms with E-state index in [0.717, 1.165) is 30.8 Å². The maximum atomic E-state index is 10.9. The molecule has 2 rings (SSSR count). The van der Waals surface area contributed by atoms with Crippen molar-refractivity contribution in [3.63, 3.8) is 0 Å². The molecule has 19 heavy (non-hydrogen) atoms. The van der Waals surface area contributed by atoms with Gasteiger partial charge in [-0.15, -0.1) is 0 Å². The van der Waals surface area contributed by atoms with E-state index in [4.69, 9.17) is 9.52 Å². The quantitative estimate of drug-likeness (QED) is 0.858. The zero-order chi connectivity index (χ0) is 14.2. The van der Waals surface area contributed by atoms with E-state index in [1.165, 1.54) is 0 Å². The van der Waals surface area contributed by atoms with Crippen molar-refractivity contribution in [2.75, 3.05) is 6.54 Å². The van der Waals surface area contributed by atoms with E-state index in [0.29, 0.717) is 5.92 Å². The van der Waals surface area contributed by atoms with Gasteiger partial charge in [-0.3, -0.25) is 0 Å². The third kappa shape index (κ3) is 3.15. The molecule has 106 valence electrons. The van der Waals surface area contributed by atoms with Gasteiger partial charge >= 0.3 is 5.97 Å². The van der Waals surface area contributed by atoms with E-state index in [1.807, 2.05) is 11.9 Å². The summed E-state index contributed by atoms with van der Waals surface area (Å²) in [5.74, 6) is 0.477. The molecule has 0 unspecified atom stereocenters. The Balaban J connectivity index is 2.08. The first-order valence-electron chi connectivity index (χ1n) is 6.58. The van der Waals surface area contributed by atoms with Crippen molar-refractivity contribution in [2.24, 2.45) is 5.92 Å². The molecule has 1 aromatic heterocycles. The molecular formula is C14H21NO3S. The van der Waals surface area contributed by atoms with Gasteiger partial charge in [0, 0.05) is 29.8 Å². The lowest BCUT2D eigenvalue weighted by molar-refractivity contribution is 0.0660. The number of carboxylic acid groups (broad SMARTS) is 1. The van der Waals surface area contributed by atoms with Gasteiger partial charge in [-0.25, -0.2) is 9.10 Å². The molecular weight excluding hydrogens is 262 g/mol. The minimum Gasteiger partial charge on any atom is -0.475 e. The number of hydrogen-bond acceptors (Lipinski definition) is 4. The van der Waals surface area contributed by atoms with E-state index >= 15 is 0 Å². The van der Waals surface area contributed by atoms with Crippen molar-refractivity contribution in [3.8, 4) is 0 Å². The van der Waals surface area contributed by atoms with E-state index in [1.54, 1.807) is 6.07 Å². The average Bonchev–Trinajstić information content (AvgIpc) is 2.71. The van der Waals surface area contributed by atoms with Gasteiger partial charge in [0.15, 0.2) is 0 Å². The predicted molar refractivity (Wildman–Crippen MR) is 76.3 cm³/mol. The third-order valence-electron chi connectivity index (χ3n) is 3.80. The third-order valence-corrected chi connectivity index (χ3v) is 5.31. The van der Waals surface area contributed by atoms with Gasteiger partial charge < -0.3 is 9.52 Å². The van der Waals surface area contributed by atoms with E-state index in [-0.39, 0.29) is 10.5 Å². The summed E-state index contributed by atoms with van der Waals surface area (Å²) < 4.78 is 7.84. The number of aromatic carboxylic acids is 1. The highest BCUT2D eigenvalue weighted by atomic mass is 32.2. The van der Waals surface area contributed by atoms with Crippen LogP contribution < -0.4 is 0 Å². The lowest BCUT2D eigenvalue weighted by atomic mass is 10.00. The maximum Gasteiger partial charge on any atom is 0.371 e. The monoisotopic (exact) mass is 283 g/mol. The first kappa shape index (κ1) is 14.5. The van der Waals surface area contributed by atoms with Gasteiger partial charge in [-0.05, 0) is 25.8 Å². The van der Waals surface area contributed by atoms with Gasteiger partial charge in [0.2, 0.25) is 5.76 Å². The van der Waals surface area contributed by atoms with Crippen LogP contribution in [0.1, 0.15) is 49.6 Å². The van der Waals surface area contributed by atoms with Gasteiger partial charge in [0.1, 0.15) is 5.76 Å². The minimum atomic E-state index is -0.990. The molecule has 0 aliphatic carbocycles. The second kappa shape index (κ2) is 5.21. The first-order valence-corrected chi connectivity index (χ1v) is 7.36. The smallest absolute Gasteiger partial charge is 0.371 e. The molecule has 0 amide bonds. The number of carboxylic acids is 1. The SMILES string of the molecule is CC(C)C(C)(C)SN1CCc2oc(C(=O)O)cc2C1. The molecule has 1 aliphatic heterocycles. The van der Waals surface area contributed by atoms with Gasteiger partial charge in [-0.1, -0.05) is 25.8 Å². The number of hydrogen-bond donors (Lipinski definition) is 1. The van der Waals surface area contributed by atoms with Crippen LogP contribution in [0.4, 0.5) is 0 Å². The standard InChI is InChI=1S/C14H21NO3S/c1-9(2)14(3,4)19-15-6-5-11-10(8-15)7-12(18-11)13(16)17/h7,9H,5-6,8H2,1-4H3,(H,16,17). The number of furan rings is 1. The van der Waals surface area contributed by atoms with E-state index in [2.05, 4.69) is 32.0 Å².